The summed E-state index contributed by atoms with van der Waals surface area (Å²) in [5.41, 5.74) is 0. The summed E-state index contributed by atoms with van der Waals surface area (Å²) in [6.45, 7) is 10.8. The van der Waals surface area contributed by atoms with Crippen molar-refractivity contribution in [1.29, 1.82) is 0 Å². The van der Waals surface area contributed by atoms with E-state index in [0.717, 1.165) is 18.9 Å². The van der Waals surface area contributed by atoms with Crippen molar-refractivity contribution in [3.8, 4) is 0 Å². The van der Waals surface area contributed by atoms with Crippen LogP contribution in [0, 0.1) is 11.8 Å². The maximum Gasteiger partial charge on any atom is 0.307 e. The van der Waals surface area contributed by atoms with Crippen molar-refractivity contribution in [2.24, 2.45) is 11.8 Å². The lowest BCUT2D eigenvalue weighted by Gasteiger charge is -2.22. The van der Waals surface area contributed by atoms with Crippen LogP contribution in [-0.4, -0.2) is 43.8 Å². The Morgan fingerprint density at radius 3 is 2.68 bits per heavy atom. The van der Waals surface area contributed by atoms with Gasteiger partial charge in [0.05, 0.1) is 12.5 Å². The van der Waals surface area contributed by atoms with Crippen molar-refractivity contribution < 1.29 is 9.90 Å². The van der Waals surface area contributed by atoms with E-state index in [9.17, 15) is 4.79 Å². The number of aromatic nitrogens is 3. The quantitative estimate of drug-likeness (QED) is 0.773. The van der Waals surface area contributed by atoms with E-state index in [1.165, 1.54) is 0 Å². The van der Waals surface area contributed by atoms with Gasteiger partial charge in [0.25, 0.3) is 0 Å². The van der Waals surface area contributed by atoms with Crippen LogP contribution in [0.3, 0.4) is 0 Å². The second kappa shape index (κ2) is 7.23. The largest absolute Gasteiger partial charge is 0.481 e. The van der Waals surface area contributed by atoms with Crippen LogP contribution in [-0.2, 0) is 17.9 Å². The second-order valence-corrected chi connectivity index (χ2v) is 5.32. The lowest BCUT2D eigenvalue weighted by Crippen LogP contribution is -2.32. The predicted octanol–water partition coefficient (Wildman–Crippen LogP) is 1.48. The highest BCUT2D eigenvalue weighted by Gasteiger charge is 2.17. The number of hydrogen-bond acceptors (Lipinski definition) is 4. The Morgan fingerprint density at radius 1 is 1.47 bits per heavy atom. The molecule has 1 atom stereocenters. The Bertz CT molecular complexity index is 403. The van der Waals surface area contributed by atoms with E-state index in [0.29, 0.717) is 19.0 Å². The molecule has 0 amide bonds. The molecular formula is C13H24N4O2. The summed E-state index contributed by atoms with van der Waals surface area (Å²) < 4.78 is 1.90. The van der Waals surface area contributed by atoms with Gasteiger partial charge >= 0.3 is 5.97 Å². The molecule has 1 aromatic rings. The van der Waals surface area contributed by atoms with Gasteiger partial charge < -0.3 is 5.11 Å². The summed E-state index contributed by atoms with van der Waals surface area (Å²) in [4.78, 5) is 17.3. The first-order valence-corrected chi connectivity index (χ1v) is 6.75. The zero-order valence-electron chi connectivity index (χ0n) is 12.2. The molecule has 0 saturated carbocycles. The summed E-state index contributed by atoms with van der Waals surface area (Å²) in [5.74, 6) is 0.269. The number of carboxylic acid groups (broad SMARTS) is 1. The maximum atomic E-state index is 10.9. The SMILES string of the molecule is CCN(Cc1ncnn1CC(C)C)CC(C)C(=O)O. The van der Waals surface area contributed by atoms with Crippen molar-refractivity contribution >= 4 is 5.97 Å². The van der Waals surface area contributed by atoms with E-state index < -0.39 is 5.97 Å². The normalized spacial score (nSPS) is 13.2. The van der Waals surface area contributed by atoms with E-state index in [4.69, 9.17) is 5.11 Å². The molecule has 0 aliphatic heterocycles. The van der Waals surface area contributed by atoms with Crippen LogP contribution in [0.15, 0.2) is 6.33 Å². The molecule has 0 aromatic carbocycles. The van der Waals surface area contributed by atoms with Gasteiger partial charge in [-0.1, -0.05) is 27.7 Å². The monoisotopic (exact) mass is 268 g/mol. The summed E-state index contributed by atoms with van der Waals surface area (Å²) >= 11 is 0. The molecule has 1 N–H and O–H groups in total. The minimum Gasteiger partial charge on any atom is -0.481 e. The lowest BCUT2D eigenvalue weighted by atomic mass is 10.1. The van der Waals surface area contributed by atoms with Crippen LogP contribution in [0.4, 0.5) is 0 Å². The molecule has 6 heteroatoms. The minimum atomic E-state index is -0.762. The molecule has 108 valence electrons. The molecule has 1 aromatic heterocycles. The molecule has 0 bridgehead atoms. The van der Waals surface area contributed by atoms with Crippen molar-refractivity contribution in [2.45, 2.75) is 40.8 Å². The molecule has 0 aliphatic carbocycles. The van der Waals surface area contributed by atoms with Crippen LogP contribution >= 0.6 is 0 Å². The average Bonchev–Trinajstić information content (AvgIpc) is 2.74. The van der Waals surface area contributed by atoms with Gasteiger partial charge in [0.1, 0.15) is 12.2 Å². The van der Waals surface area contributed by atoms with Gasteiger partial charge in [0.15, 0.2) is 0 Å². The Morgan fingerprint density at radius 2 is 2.16 bits per heavy atom. The smallest absolute Gasteiger partial charge is 0.307 e. The van der Waals surface area contributed by atoms with Crippen LogP contribution in [0.5, 0.6) is 0 Å². The van der Waals surface area contributed by atoms with Crippen LogP contribution in [0.25, 0.3) is 0 Å². The summed E-state index contributed by atoms with van der Waals surface area (Å²) in [7, 11) is 0. The van der Waals surface area contributed by atoms with Crippen molar-refractivity contribution in [1.82, 2.24) is 19.7 Å². The lowest BCUT2D eigenvalue weighted by molar-refractivity contribution is -0.141. The van der Waals surface area contributed by atoms with E-state index in [-0.39, 0.29) is 5.92 Å². The van der Waals surface area contributed by atoms with E-state index in [1.54, 1.807) is 13.3 Å². The van der Waals surface area contributed by atoms with Gasteiger partial charge in [0.2, 0.25) is 0 Å². The van der Waals surface area contributed by atoms with E-state index >= 15 is 0 Å². The highest BCUT2D eigenvalue weighted by molar-refractivity contribution is 5.69. The molecule has 1 rings (SSSR count). The van der Waals surface area contributed by atoms with Gasteiger partial charge in [0, 0.05) is 13.1 Å². The fourth-order valence-corrected chi connectivity index (χ4v) is 1.88. The van der Waals surface area contributed by atoms with Crippen LogP contribution in [0.1, 0.15) is 33.5 Å². The molecule has 1 heterocycles. The molecular weight excluding hydrogens is 244 g/mol. The standard InChI is InChI=1S/C13H24N4O2/c1-5-16(7-11(4)13(18)19)8-12-14-9-15-17(12)6-10(2)3/h9-11H,5-8H2,1-4H3,(H,18,19). The molecule has 1 unspecified atom stereocenters. The molecule has 0 radical (unpaired) electrons. The highest BCUT2D eigenvalue weighted by atomic mass is 16.4. The van der Waals surface area contributed by atoms with Gasteiger partial charge in [-0.25, -0.2) is 9.67 Å². The molecule has 0 aliphatic rings. The van der Waals surface area contributed by atoms with Crippen LogP contribution in [0.2, 0.25) is 0 Å². The number of carboxylic acids is 1. The maximum absolute atomic E-state index is 10.9. The number of nitrogens with zero attached hydrogens (tertiary/aromatic N) is 4. The molecule has 19 heavy (non-hydrogen) atoms. The topological polar surface area (TPSA) is 71.2 Å². The fraction of sp³-hybridized carbons (Fsp3) is 0.769. The van der Waals surface area contributed by atoms with Gasteiger partial charge in [-0.3, -0.25) is 9.69 Å². The number of aliphatic carboxylic acids is 1. The first-order valence-electron chi connectivity index (χ1n) is 6.75. The van der Waals surface area contributed by atoms with Gasteiger partial charge in [-0.05, 0) is 12.5 Å². The molecule has 0 spiro atoms. The zero-order valence-corrected chi connectivity index (χ0v) is 12.2. The zero-order chi connectivity index (χ0) is 14.4. The third kappa shape index (κ3) is 4.98. The highest BCUT2D eigenvalue weighted by Crippen LogP contribution is 2.07. The summed E-state index contributed by atoms with van der Waals surface area (Å²) in [6, 6.07) is 0. The number of hydrogen-bond donors (Lipinski definition) is 1. The third-order valence-corrected chi connectivity index (χ3v) is 3.00. The third-order valence-electron chi connectivity index (χ3n) is 3.00. The minimum absolute atomic E-state index is 0.374. The summed E-state index contributed by atoms with van der Waals surface area (Å²) in [6.07, 6.45) is 1.56. The Labute approximate surface area is 114 Å². The van der Waals surface area contributed by atoms with Crippen molar-refractivity contribution in [3.63, 3.8) is 0 Å². The molecule has 0 fully saturated rings. The summed E-state index contributed by atoms with van der Waals surface area (Å²) in [5, 5.41) is 13.2. The van der Waals surface area contributed by atoms with Gasteiger partial charge in [-0.15, -0.1) is 0 Å². The molecule has 0 saturated heterocycles. The Balaban J connectivity index is 2.65. The molecule has 6 nitrogen and oxygen atoms in total. The first-order chi connectivity index (χ1) is 8.93. The predicted molar refractivity (Wildman–Crippen MR) is 72.6 cm³/mol. The van der Waals surface area contributed by atoms with Crippen molar-refractivity contribution in [3.05, 3.63) is 12.2 Å². The van der Waals surface area contributed by atoms with E-state index in [1.807, 2.05) is 11.6 Å². The Kier molecular flexibility index (Phi) is 5.95. The number of rotatable bonds is 8. The Hall–Kier alpha value is -1.43. The van der Waals surface area contributed by atoms with Crippen LogP contribution < -0.4 is 0 Å². The average molecular weight is 268 g/mol. The first kappa shape index (κ1) is 15.6. The fourth-order valence-electron chi connectivity index (χ4n) is 1.88. The van der Waals surface area contributed by atoms with E-state index in [2.05, 4.69) is 28.8 Å². The van der Waals surface area contributed by atoms with Gasteiger partial charge in [-0.2, -0.15) is 5.10 Å². The second-order valence-electron chi connectivity index (χ2n) is 5.32. The number of carbonyl (C=O) groups is 1. The van der Waals surface area contributed by atoms with Crippen molar-refractivity contribution in [2.75, 3.05) is 13.1 Å².